The number of ether oxygens (including phenoxy) is 2. The zero-order chi connectivity index (χ0) is 14.5. The number of aliphatic hydroxyl groups is 1. The van der Waals surface area contributed by atoms with Gasteiger partial charge in [-0.1, -0.05) is 0 Å². The second-order valence-electron chi connectivity index (χ2n) is 4.94. The van der Waals surface area contributed by atoms with Crippen LogP contribution in [0.1, 0.15) is 26.3 Å². The summed E-state index contributed by atoms with van der Waals surface area (Å²) < 4.78 is 11.8. The molecule has 20 heavy (non-hydrogen) atoms. The number of aliphatic hydroxyl groups excluding tert-OH is 1. The Balaban J connectivity index is 0.00000361. The number of methoxy groups -OCH3 is 1. The van der Waals surface area contributed by atoms with Crippen molar-refractivity contribution in [1.82, 2.24) is 5.32 Å². The maximum atomic E-state index is 9.23. The van der Waals surface area contributed by atoms with E-state index >= 15 is 0 Å². The van der Waals surface area contributed by atoms with Crippen molar-refractivity contribution >= 4 is 28.3 Å². The summed E-state index contributed by atoms with van der Waals surface area (Å²) in [6.45, 7) is 7.16. The third kappa shape index (κ3) is 5.48. The summed E-state index contributed by atoms with van der Waals surface area (Å²) >= 11 is 3.50. The number of hydrogen-bond donors (Lipinski definition) is 2. The standard InChI is InChI=1S/C14H22BrNO3.ClH/c1-5-19-13-11(15)6-10(7-12(13)18-4)8-16-14(2,3)9-17;/h6-7,16-17H,5,8-9H2,1-4H3;1H. The molecule has 0 amide bonds. The molecule has 6 heteroatoms. The molecule has 0 aliphatic carbocycles. The normalized spacial score (nSPS) is 10.9. The van der Waals surface area contributed by atoms with Gasteiger partial charge in [0.15, 0.2) is 11.5 Å². The first-order valence-electron chi connectivity index (χ1n) is 6.28. The van der Waals surface area contributed by atoms with Crippen LogP contribution in [0.5, 0.6) is 11.5 Å². The summed E-state index contributed by atoms with van der Waals surface area (Å²) in [6, 6.07) is 3.93. The van der Waals surface area contributed by atoms with Gasteiger partial charge in [0, 0.05) is 12.1 Å². The van der Waals surface area contributed by atoms with E-state index in [-0.39, 0.29) is 24.6 Å². The van der Waals surface area contributed by atoms with E-state index in [0.717, 1.165) is 15.8 Å². The Labute approximate surface area is 135 Å². The third-order valence-electron chi connectivity index (χ3n) is 2.74. The highest BCUT2D eigenvalue weighted by Crippen LogP contribution is 2.36. The molecule has 0 atom stereocenters. The van der Waals surface area contributed by atoms with Crippen LogP contribution in [0, 0.1) is 0 Å². The molecule has 0 saturated heterocycles. The topological polar surface area (TPSA) is 50.7 Å². The zero-order valence-electron chi connectivity index (χ0n) is 12.3. The van der Waals surface area contributed by atoms with Gasteiger partial charge in [-0.25, -0.2) is 0 Å². The molecule has 1 rings (SSSR count). The molecule has 0 bridgehead atoms. The lowest BCUT2D eigenvalue weighted by Gasteiger charge is -2.24. The molecule has 0 aromatic heterocycles. The summed E-state index contributed by atoms with van der Waals surface area (Å²) in [5, 5.41) is 12.5. The molecule has 4 nitrogen and oxygen atoms in total. The lowest BCUT2D eigenvalue weighted by Crippen LogP contribution is -2.42. The third-order valence-corrected chi connectivity index (χ3v) is 3.33. The zero-order valence-corrected chi connectivity index (χ0v) is 14.7. The van der Waals surface area contributed by atoms with Crippen LogP contribution in [-0.2, 0) is 6.54 Å². The summed E-state index contributed by atoms with van der Waals surface area (Å²) in [4.78, 5) is 0. The fourth-order valence-electron chi connectivity index (χ4n) is 1.56. The van der Waals surface area contributed by atoms with Crippen molar-refractivity contribution in [3.63, 3.8) is 0 Å². The van der Waals surface area contributed by atoms with Gasteiger partial charge in [-0.3, -0.25) is 0 Å². The summed E-state index contributed by atoms with van der Waals surface area (Å²) in [5.74, 6) is 1.42. The van der Waals surface area contributed by atoms with Crippen molar-refractivity contribution in [2.24, 2.45) is 0 Å². The maximum Gasteiger partial charge on any atom is 0.175 e. The van der Waals surface area contributed by atoms with Gasteiger partial charge in [-0.2, -0.15) is 0 Å². The molecule has 0 heterocycles. The minimum atomic E-state index is -0.307. The van der Waals surface area contributed by atoms with Gasteiger partial charge in [0.1, 0.15) is 0 Å². The van der Waals surface area contributed by atoms with Crippen LogP contribution in [0.15, 0.2) is 16.6 Å². The Morgan fingerprint density at radius 2 is 2.00 bits per heavy atom. The van der Waals surface area contributed by atoms with Gasteiger partial charge < -0.3 is 19.9 Å². The van der Waals surface area contributed by atoms with Crippen LogP contribution in [-0.4, -0.2) is 31.0 Å². The van der Waals surface area contributed by atoms with Crippen molar-refractivity contribution in [2.75, 3.05) is 20.3 Å². The van der Waals surface area contributed by atoms with E-state index in [4.69, 9.17) is 9.47 Å². The molecule has 0 unspecified atom stereocenters. The molecule has 1 aromatic carbocycles. The van der Waals surface area contributed by atoms with Gasteiger partial charge in [-0.15, -0.1) is 12.4 Å². The number of benzene rings is 1. The van der Waals surface area contributed by atoms with Crippen LogP contribution in [0.2, 0.25) is 0 Å². The lowest BCUT2D eigenvalue weighted by atomic mass is 10.1. The largest absolute Gasteiger partial charge is 0.493 e. The molecule has 0 aliphatic rings. The summed E-state index contributed by atoms with van der Waals surface area (Å²) in [5.41, 5.74) is 0.756. The molecule has 0 saturated carbocycles. The number of hydrogen-bond acceptors (Lipinski definition) is 4. The van der Waals surface area contributed by atoms with Crippen molar-refractivity contribution in [1.29, 1.82) is 0 Å². The Morgan fingerprint density at radius 1 is 1.35 bits per heavy atom. The van der Waals surface area contributed by atoms with E-state index in [1.807, 2.05) is 32.9 Å². The van der Waals surface area contributed by atoms with Crippen LogP contribution in [0.25, 0.3) is 0 Å². The SMILES string of the molecule is CCOc1c(Br)cc(CNC(C)(C)CO)cc1OC.Cl. The number of rotatable bonds is 7. The van der Waals surface area contributed by atoms with Crippen LogP contribution in [0.4, 0.5) is 0 Å². The van der Waals surface area contributed by atoms with Crippen LogP contribution in [0.3, 0.4) is 0 Å². The number of halogens is 2. The second-order valence-corrected chi connectivity index (χ2v) is 5.79. The minimum absolute atomic E-state index is 0. The first-order valence-corrected chi connectivity index (χ1v) is 7.08. The van der Waals surface area contributed by atoms with Crippen molar-refractivity contribution < 1.29 is 14.6 Å². The molecule has 0 aliphatic heterocycles. The summed E-state index contributed by atoms with van der Waals surface area (Å²) in [7, 11) is 1.62. The molecular weight excluding hydrogens is 346 g/mol. The predicted molar refractivity (Wildman–Crippen MR) is 87.1 cm³/mol. The fourth-order valence-corrected chi connectivity index (χ4v) is 2.16. The van der Waals surface area contributed by atoms with E-state index < -0.39 is 0 Å². The average molecular weight is 369 g/mol. The Morgan fingerprint density at radius 3 is 2.50 bits per heavy atom. The van der Waals surface area contributed by atoms with E-state index in [9.17, 15) is 5.11 Å². The highest BCUT2D eigenvalue weighted by atomic mass is 79.9. The van der Waals surface area contributed by atoms with E-state index in [1.54, 1.807) is 7.11 Å². The smallest absolute Gasteiger partial charge is 0.175 e. The fraction of sp³-hybridized carbons (Fsp3) is 0.571. The second kappa shape index (κ2) is 8.72. The molecule has 0 radical (unpaired) electrons. The highest BCUT2D eigenvalue weighted by Gasteiger charge is 2.16. The minimum Gasteiger partial charge on any atom is -0.493 e. The highest BCUT2D eigenvalue weighted by molar-refractivity contribution is 9.10. The van der Waals surface area contributed by atoms with Crippen molar-refractivity contribution in [3.8, 4) is 11.5 Å². The van der Waals surface area contributed by atoms with E-state index in [0.29, 0.717) is 18.9 Å². The van der Waals surface area contributed by atoms with Crippen molar-refractivity contribution in [2.45, 2.75) is 32.9 Å². The van der Waals surface area contributed by atoms with Gasteiger partial charge >= 0.3 is 0 Å². The molecule has 0 spiro atoms. The Kier molecular flexibility index (Phi) is 8.51. The van der Waals surface area contributed by atoms with Crippen LogP contribution >= 0.6 is 28.3 Å². The lowest BCUT2D eigenvalue weighted by molar-refractivity contribution is 0.187. The Bertz CT molecular complexity index is 427. The molecular formula is C14H23BrClNO3. The van der Waals surface area contributed by atoms with Gasteiger partial charge in [0.25, 0.3) is 0 Å². The first-order chi connectivity index (χ1) is 8.93. The first kappa shape index (κ1) is 19.5. The van der Waals surface area contributed by atoms with Gasteiger partial charge in [0.05, 0.1) is 24.8 Å². The quantitative estimate of drug-likeness (QED) is 0.776. The van der Waals surface area contributed by atoms with Gasteiger partial charge in [-0.05, 0) is 54.4 Å². The van der Waals surface area contributed by atoms with E-state index in [2.05, 4.69) is 21.2 Å². The average Bonchev–Trinajstić information content (AvgIpc) is 2.39. The molecule has 0 fully saturated rings. The van der Waals surface area contributed by atoms with Crippen LogP contribution < -0.4 is 14.8 Å². The molecule has 2 N–H and O–H groups in total. The predicted octanol–water partition coefficient (Wildman–Crippen LogP) is 3.14. The Hall–Kier alpha value is -0.490. The number of nitrogens with one attached hydrogen (secondary N) is 1. The van der Waals surface area contributed by atoms with Gasteiger partial charge in [0.2, 0.25) is 0 Å². The summed E-state index contributed by atoms with van der Waals surface area (Å²) in [6.07, 6.45) is 0. The molecule has 1 aromatic rings. The molecule has 116 valence electrons. The van der Waals surface area contributed by atoms with Crippen molar-refractivity contribution in [3.05, 3.63) is 22.2 Å². The monoisotopic (exact) mass is 367 g/mol. The van der Waals surface area contributed by atoms with E-state index in [1.165, 1.54) is 0 Å². The maximum absolute atomic E-state index is 9.23.